The lowest BCUT2D eigenvalue weighted by Crippen LogP contribution is -2.41. The Morgan fingerprint density at radius 3 is 2.38 bits per heavy atom. The predicted molar refractivity (Wildman–Crippen MR) is 76.6 cm³/mol. The molecule has 0 amide bonds. The van der Waals surface area contributed by atoms with Crippen LogP contribution in [0.1, 0.15) is 17.0 Å². The maximum Gasteiger partial charge on any atom is 0.406 e. The summed E-state index contributed by atoms with van der Waals surface area (Å²) >= 11 is 0. The molecule has 0 aliphatic carbocycles. The number of rotatable bonds is 3. The number of nitrogens with zero attached hydrogens (tertiary/aromatic N) is 4. The molecule has 1 aliphatic rings. The topological polar surface area (TPSA) is 23.8 Å². The minimum atomic E-state index is -4.21. The maximum absolute atomic E-state index is 12.6. The van der Waals surface area contributed by atoms with E-state index < -0.39 is 12.7 Å². The number of likely N-dealkylation sites (N-methyl/N-ethyl adjacent to an activating group) is 1. The molecule has 7 heteroatoms. The zero-order valence-corrected chi connectivity index (χ0v) is 12.6. The lowest BCUT2D eigenvalue weighted by atomic mass is 10.3. The third kappa shape index (κ3) is 4.23. The summed E-state index contributed by atoms with van der Waals surface area (Å²) in [6.45, 7) is 6.01. The summed E-state index contributed by atoms with van der Waals surface area (Å²) in [5.74, 6) is 0. The normalized spacial score (nSPS) is 17.9. The maximum atomic E-state index is 12.6. The van der Waals surface area contributed by atoms with Gasteiger partial charge in [-0.2, -0.15) is 18.3 Å². The summed E-state index contributed by atoms with van der Waals surface area (Å²) in [7, 11) is 2.06. The van der Waals surface area contributed by atoms with Crippen LogP contribution < -0.4 is 0 Å². The zero-order chi connectivity index (χ0) is 15.6. The summed E-state index contributed by atoms with van der Waals surface area (Å²) in [4.78, 5) is 2.22. The fourth-order valence-electron chi connectivity index (χ4n) is 2.44. The molecule has 118 valence electrons. The summed E-state index contributed by atoms with van der Waals surface area (Å²) in [5.41, 5.74) is 1.95. The Morgan fingerprint density at radius 1 is 1.19 bits per heavy atom. The van der Waals surface area contributed by atoms with Crippen molar-refractivity contribution in [2.75, 3.05) is 33.2 Å². The van der Waals surface area contributed by atoms with Crippen LogP contribution in [0.5, 0.6) is 0 Å². The van der Waals surface area contributed by atoms with E-state index in [0.29, 0.717) is 11.4 Å². The van der Waals surface area contributed by atoms with Crippen LogP contribution in [0.4, 0.5) is 13.2 Å². The average Bonchev–Trinajstić information content (AvgIpc) is 2.64. The highest BCUT2D eigenvalue weighted by Crippen LogP contribution is 2.22. The van der Waals surface area contributed by atoms with Crippen molar-refractivity contribution in [1.82, 2.24) is 14.5 Å². The Balaban J connectivity index is 2.09. The van der Waals surface area contributed by atoms with Gasteiger partial charge in [0.15, 0.2) is 0 Å². The molecule has 1 saturated heterocycles. The summed E-state index contributed by atoms with van der Waals surface area (Å²) in [6, 6.07) is 1.75. The molecule has 1 fully saturated rings. The van der Waals surface area contributed by atoms with Gasteiger partial charge in [-0.25, -0.2) is 0 Å². The monoisotopic (exact) mass is 302 g/mol. The molecule has 0 saturated carbocycles. The van der Waals surface area contributed by atoms with Crippen LogP contribution in [0.15, 0.2) is 11.2 Å². The first kappa shape index (κ1) is 15.9. The Hall–Kier alpha value is -1.50. The molecule has 1 aromatic rings. The molecular weight excluding hydrogens is 281 g/mol. The number of piperazine rings is 1. The van der Waals surface area contributed by atoms with Crippen LogP contribution in [0.25, 0.3) is 0 Å². The molecule has 2 heterocycles. The van der Waals surface area contributed by atoms with Gasteiger partial charge in [0, 0.05) is 43.1 Å². The molecule has 1 aliphatic heterocycles. The molecular formula is C14H21F3N4. The average molecular weight is 302 g/mol. The van der Waals surface area contributed by atoms with Gasteiger partial charge in [-0.1, -0.05) is 0 Å². The minimum Gasteiger partial charge on any atom is -0.339 e. The third-order valence-electron chi connectivity index (χ3n) is 3.79. The Labute approximate surface area is 122 Å². The third-order valence-corrected chi connectivity index (χ3v) is 3.79. The highest BCUT2D eigenvalue weighted by molar-refractivity contribution is 5.81. The predicted octanol–water partition coefficient (Wildman–Crippen LogP) is 2.25. The van der Waals surface area contributed by atoms with E-state index in [0.717, 1.165) is 31.7 Å². The van der Waals surface area contributed by atoms with Gasteiger partial charge in [0.1, 0.15) is 6.54 Å². The lowest BCUT2D eigenvalue weighted by molar-refractivity contribution is -0.141. The first-order chi connectivity index (χ1) is 9.76. The Morgan fingerprint density at radius 2 is 1.81 bits per heavy atom. The first-order valence-electron chi connectivity index (χ1n) is 6.97. The quantitative estimate of drug-likeness (QED) is 0.800. The molecule has 0 bridgehead atoms. The summed E-state index contributed by atoms with van der Waals surface area (Å²) in [6.07, 6.45) is -2.54. The molecule has 0 N–H and O–H groups in total. The molecule has 1 aromatic heterocycles. The molecule has 2 rings (SSSR count). The van der Waals surface area contributed by atoms with E-state index >= 15 is 0 Å². The van der Waals surface area contributed by atoms with Crippen molar-refractivity contribution in [1.29, 1.82) is 0 Å². The fourth-order valence-corrected chi connectivity index (χ4v) is 2.44. The van der Waals surface area contributed by atoms with Crippen LogP contribution in [0.2, 0.25) is 0 Å². The highest BCUT2D eigenvalue weighted by Gasteiger charge is 2.29. The fraction of sp³-hybridized carbons (Fsp3) is 0.643. The van der Waals surface area contributed by atoms with Gasteiger partial charge in [-0.05, 0) is 27.0 Å². The lowest BCUT2D eigenvalue weighted by Gasteiger charge is -2.30. The van der Waals surface area contributed by atoms with Gasteiger partial charge in [-0.3, -0.25) is 5.01 Å². The number of hydrazone groups is 1. The minimum absolute atomic E-state index is 0.600. The van der Waals surface area contributed by atoms with Crippen LogP contribution in [-0.2, 0) is 6.54 Å². The van der Waals surface area contributed by atoms with Gasteiger partial charge in [0.05, 0.1) is 6.21 Å². The van der Waals surface area contributed by atoms with E-state index in [1.54, 1.807) is 26.1 Å². The number of halogens is 3. The zero-order valence-electron chi connectivity index (χ0n) is 12.6. The highest BCUT2D eigenvalue weighted by atomic mass is 19.4. The van der Waals surface area contributed by atoms with E-state index in [1.807, 2.05) is 5.01 Å². The van der Waals surface area contributed by atoms with E-state index in [2.05, 4.69) is 17.0 Å². The van der Waals surface area contributed by atoms with E-state index in [-0.39, 0.29) is 0 Å². The van der Waals surface area contributed by atoms with Gasteiger partial charge in [0.2, 0.25) is 0 Å². The van der Waals surface area contributed by atoms with Crippen molar-refractivity contribution in [2.45, 2.75) is 26.6 Å². The van der Waals surface area contributed by atoms with Crippen LogP contribution in [-0.4, -0.2) is 60.1 Å². The Kier molecular flexibility index (Phi) is 4.61. The van der Waals surface area contributed by atoms with E-state index in [9.17, 15) is 13.2 Å². The molecule has 21 heavy (non-hydrogen) atoms. The SMILES string of the molecule is Cc1cc(/C=N/N2CCN(C)CC2)c(C)n1CC(F)(F)F. The van der Waals surface area contributed by atoms with E-state index in [1.165, 1.54) is 4.57 Å². The van der Waals surface area contributed by atoms with E-state index in [4.69, 9.17) is 0 Å². The molecule has 0 aromatic carbocycles. The van der Waals surface area contributed by atoms with Crippen molar-refractivity contribution < 1.29 is 13.2 Å². The molecule has 4 nitrogen and oxygen atoms in total. The van der Waals surface area contributed by atoms with Crippen LogP contribution in [0, 0.1) is 13.8 Å². The van der Waals surface area contributed by atoms with Crippen molar-refractivity contribution in [3.05, 3.63) is 23.0 Å². The number of hydrogen-bond acceptors (Lipinski definition) is 3. The van der Waals surface area contributed by atoms with Crippen molar-refractivity contribution in [3.8, 4) is 0 Å². The largest absolute Gasteiger partial charge is 0.406 e. The Bertz CT molecular complexity index is 511. The smallest absolute Gasteiger partial charge is 0.339 e. The van der Waals surface area contributed by atoms with Crippen molar-refractivity contribution in [3.63, 3.8) is 0 Å². The molecule has 0 radical (unpaired) electrons. The summed E-state index contributed by atoms with van der Waals surface area (Å²) in [5, 5.41) is 6.34. The first-order valence-corrected chi connectivity index (χ1v) is 6.97. The molecule has 0 unspecified atom stereocenters. The number of aryl methyl sites for hydroxylation is 1. The van der Waals surface area contributed by atoms with Gasteiger partial charge in [-0.15, -0.1) is 0 Å². The summed E-state index contributed by atoms with van der Waals surface area (Å²) < 4.78 is 39.0. The van der Waals surface area contributed by atoms with Crippen molar-refractivity contribution >= 4 is 6.21 Å². The van der Waals surface area contributed by atoms with Crippen LogP contribution in [0.3, 0.4) is 0 Å². The van der Waals surface area contributed by atoms with Crippen LogP contribution >= 0.6 is 0 Å². The molecule has 0 atom stereocenters. The second-order valence-electron chi connectivity index (χ2n) is 5.53. The number of alkyl halides is 3. The van der Waals surface area contributed by atoms with Gasteiger partial charge < -0.3 is 9.47 Å². The molecule has 0 spiro atoms. The standard InChI is InChI=1S/C14H21F3N4/c1-11-8-13(12(2)21(11)10-14(15,16)17)9-18-20-6-4-19(3)5-7-20/h8-9H,4-7,10H2,1-3H3/b18-9+. The van der Waals surface area contributed by atoms with Crippen molar-refractivity contribution in [2.24, 2.45) is 5.10 Å². The number of aromatic nitrogens is 1. The number of hydrogen-bond donors (Lipinski definition) is 0. The van der Waals surface area contributed by atoms with Gasteiger partial charge in [0.25, 0.3) is 0 Å². The van der Waals surface area contributed by atoms with Gasteiger partial charge >= 0.3 is 6.18 Å². The second kappa shape index (κ2) is 6.09. The second-order valence-corrected chi connectivity index (χ2v) is 5.53.